The van der Waals surface area contributed by atoms with Crippen molar-refractivity contribution < 1.29 is 9.59 Å². The van der Waals surface area contributed by atoms with Gasteiger partial charge in [0.1, 0.15) is 0 Å². The number of carbonyl (C=O) groups is 2. The summed E-state index contributed by atoms with van der Waals surface area (Å²) in [5.41, 5.74) is 5.48. The summed E-state index contributed by atoms with van der Waals surface area (Å²) in [6.07, 6.45) is 1.04. The zero-order valence-corrected chi connectivity index (χ0v) is 17.5. The van der Waals surface area contributed by atoms with E-state index in [1.807, 2.05) is 42.5 Å². The molecule has 2 N–H and O–H groups in total. The number of hydrogen-bond acceptors (Lipinski definition) is 3. The fraction of sp³-hybridized carbons (Fsp3) is 0.231. The van der Waals surface area contributed by atoms with Crippen molar-refractivity contribution in [1.82, 2.24) is 15.5 Å². The fourth-order valence-electron chi connectivity index (χ4n) is 3.87. The van der Waals surface area contributed by atoms with Gasteiger partial charge < -0.3 is 10.6 Å². The van der Waals surface area contributed by atoms with E-state index in [4.69, 9.17) is 0 Å². The summed E-state index contributed by atoms with van der Waals surface area (Å²) < 4.78 is 0. The van der Waals surface area contributed by atoms with Crippen molar-refractivity contribution in [1.29, 1.82) is 0 Å². The van der Waals surface area contributed by atoms with Gasteiger partial charge in [-0.05, 0) is 40.8 Å². The average Bonchev–Trinajstić information content (AvgIpc) is 2.83. The van der Waals surface area contributed by atoms with Crippen LogP contribution in [0.3, 0.4) is 0 Å². The fourth-order valence-corrected chi connectivity index (χ4v) is 3.87. The quantitative estimate of drug-likeness (QED) is 0.625. The Balaban J connectivity index is 1.18. The molecule has 2 amide bonds. The van der Waals surface area contributed by atoms with Gasteiger partial charge in [0, 0.05) is 31.7 Å². The van der Waals surface area contributed by atoms with Crippen LogP contribution in [0.1, 0.15) is 21.5 Å². The lowest BCUT2D eigenvalue weighted by Crippen LogP contribution is -2.41. The van der Waals surface area contributed by atoms with Gasteiger partial charge in [-0.15, -0.1) is 0 Å². The van der Waals surface area contributed by atoms with Crippen LogP contribution in [0, 0.1) is 0 Å². The molecule has 0 radical (unpaired) electrons. The summed E-state index contributed by atoms with van der Waals surface area (Å²) in [6.45, 7) is 3.27. The highest BCUT2D eigenvalue weighted by molar-refractivity contribution is 5.96. The molecule has 0 atom stereocenters. The number of nitrogens with zero attached hydrogens (tertiary/aromatic N) is 1. The standard InChI is InChI=1S/C26H27N3O2/c30-25(27-15-17-29-16-14-21-8-4-5-9-24(21)19-29)18-28-26(31)23-12-10-22(11-13-23)20-6-2-1-3-7-20/h1-13H,14-19H2,(H,27,30)(H,28,31). The van der Waals surface area contributed by atoms with Gasteiger partial charge in [-0.25, -0.2) is 0 Å². The SMILES string of the molecule is O=C(CNC(=O)c1ccc(-c2ccccc2)cc1)NCCN1CCc2ccccc2C1. The molecule has 31 heavy (non-hydrogen) atoms. The molecule has 5 heteroatoms. The minimum absolute atomic E-state index is 0.0257. The van der Waals surface area contributed by atoms with E-state index in [-0.39, 0.29) is 18.4 Å². The van der Waals surface area contributed by atoms with Crippen LogP contribution in [-0.4, -0.2) is 42.9 Å². The van der Waals surface area contributed by atoms with Gasteiger partial charge >= 0.3 is 0 Å². The number of carbonyl (C=O) groups excluding carboxylic acids is 2. The number of rotatable bonds is 7. The molecule has 1 aliphatic heterocycles. The summed E-state index contributed by atoms with van der Waals surface area (Å²) >= 11 is 0. The Bertz CT molecular complexity index is 1030. The Hall–Kier alpha value is -3.44. The first-order valence-corrected chi connectivity index (χ1v) is 10.7. The number of fused-ring (bicyclic) bond motifs is 1. The molecule has 3 aromatic rings. The predicted molar refractivity (Wildman–Crippen MR) is 123 cm³/mol. The number of nitrogens with one attached hydrogen (secondary N) is 2. The van der Waals surface area contributed by atoms with Crippen LogP contribution in [0.15, 0.2) is 78.9 Å². The van der Waals surface area contributed by atoms with Gasteiger partial charge in [-0.3, -0.25) is 14.5 Å². The Morgan fingerprint density at radius 1 is 0.774 bits per heavy atom. The molecular weight excluding hydrogens is 386 g/mol. The molecule has 158 valence electrons. The summed E-state index contributed by atoms with van der Waals surface area (Å²) in [4.78, 5) is 26.8. The van der Waals surface area contributed by atoms with Crippen molar-refractivity contribution in [3.05, 3.63) is 95.6 Å². The molecule has 0 fully saturated rings. The molecule has 0 unspecified atom stereocenters. The molecule has 0 aromatic heterocycles. The monoisotopic (exact) mass is 413 g/mol. The van der Waals surface area contributed by atoms with Gasteiger partial charge in [-0.2, -0.15) is 0 Å². The van der Waals surface area contributed by atoms with Crippen LogP contribution < -0.4 is 10.6 Å². The molecule has 5 nitrogen and oxygen atoms in total. The van der Waals surface area contributed by atoms with E-state index in [1.54, 1.807) is 12.1 Å². The minimum atomic E-state index is -0.248. The van der Waals surface area contributed by atoms with Crippen molar-refractivity contribution in [2.75, 3.05) is 26.2 Å². The van der Waals surface area contributed by atoms with Crippen molar-refractivity contribution in [2.45, 2.75) is 13.0 Å². The second kappa shape index (κ2) is 10.0. The predicted octanol–water partition coefficient (Wildman–Crippen LogP) is 3.26. The maximum atomic E-state index is 12.3. The first-order valence-electron chi connectivity index (χ1n) is 10.7. The highest BCUT2D eigenvalue weighted by Gasteiger charge is 2.15. The van der Waals surface area contributed by atoms with Gasteiger partial charge in [0.25, 0.3) is 5.91 Å². The summed E-state index contributed by atoms with van der Waals surface area (Å²) in [5.74, 6) is -0.422. The van der Waals surface area contributed by atoms with Crippen molar-refractivity contribution in [3.8, 4) is 11.1 Å². The number of amides is 2. The lowest BCUT2D eigenvalue weighted by Gasteiger charge is -2.28. The Kier molecular flexibility index (Phi) is 6.75. The largest absolute Gasteiger partial charge is 0.353 e. The van der Waals surface area contributed by atoms with Crippen molar-refractivity contribution in [3.63, 3.8) is 0 Å². The highest BCUT2D eigenvalue weighted by Crippen LogP contribution is 2.19. The van der Waals surface area contributed by atoms with Crippen LogP contribution in [0.5, 0.6) is 0 Å². The second-order valence-corrected chi connectivity index (χ2v) is 7.77. The molecule has 3 aromatic carbocycles. The molecule has 1 aliphatic rings. The highest BCUT2D eigenvalue weighted by atomic mass is 16.2. The smallest absolute Gasteiger partial charge is 0.251 e. The van der Waals surface area contributed by atoms with Crippen LogP contribution in [-0.2, 0) is 17.8 Å². The molecule has 0 spiro atoms. The minimum Gasteiger partial charge on any atom is -0.353 e. The average molecular weight is 414 g/mol. The topological polar surface area (TPSA) is 61.4 Å². The molecule has 4 rings (SSSR count). The summed E-state index contributed by atoms with van der Waals surface area (Å²) in [5, 5.41) is 5.59. The van der Waals surface area contributed by atoms with Gasteiger partial charge in [0.05, 0.1) is 6.54 Å². The van der Waals surface area contributed by atoms with Crippen LogP contribution in [0.25, 0.3) is 11.1 Å². The van der Waals surface area contributed by atoms with E-state index in [0.717, 1.165) is 37.2 Å². The maximum absolute atomic E-state index is 12.3. The lowest BCUT2D eigenvalue weighted by molar-refractivity contribution is -0.120. The van der Waals surface area contributed by atoms with E-state index in [0.29, 0.717) is 12.1 Å². The van der Waals surface area contributed by atoms with Crippen molar-refractivity contribution in [2.24, 2.45) is 0 Å². The molecule has 1 heterocycles. The molecule has 0 saturated carbocycles. The van der Waals surface area contributed by atoms with Gasteiger partial charge in [0.15, 0.2) is 0 Å². The molecule has 0 aliphatic carbocycles. The summed E-state index contributed by atoms with van der Waals surface area (Å²) in [6, 6.07) is 25.9. The molecule has 0 bridgehead atoms. The maximum Gasteiger partial charge on any atom is 0.251 e. The van der Waals surface area contributed by atoms with Crippen LogP contribution in [0.4, 0.5) is 0 Å². The third kappa shape index (κ3) is 5.58. The van der Waals surface area contributed by atoms with Gasteiger partial charge in [-0.1, -0.05) is 66.7 Å². The number of hydrogen-bond donors (Lipinski definition) is 2. The van der Waals surface area contributed by atoms with Crippen molar-refractivity contribution >= 4 is 11.8 Å². The van der Waals surface area contributed by atoms with E-state index >= 15 is 0 Å². The second-order valence-electron chi connectivity index (χ2n) is 7.77. The zero-order chi connectivity index (χ0) is 21.5. The Morgan fingerprint density at radius 3 is 2.23 bits per heavy atom. The Morgan fingerprint density at radius 2 is 1.45 bits per heavy atom. The van der Waals surface area contributed by atoms with E-state index < -0.39 is 0 Å². The molecular formula is C26H27N3O2. The molecule has 0 saturated heterocycles. The normalized spacial score (nSPS) is 13.3. The third-order valence-corrected chi connectivity index (χ3v) is 5.62. The van der Waals surface area contributed by atoms with Gasteiger partial charge in [0.2, 0.25) is 5.91 Å². The van der Waals surface area contributed by atoms with Crippen LogP contribution >= 0.6 is 0 Å². The third-order valence-electron chi connectivity index (χ3n) is 5.62. The van der Waals surface area contributed by atoms with E-state index in [2.05, 4.69) is 39.8 Å². The van der Waals surface area contributed by atoms with Crippen LogP contribution in [0.2, 0.25) is 0 Å². The van der Waals surface area contributed by atoms with E-state index in [9.17, 15) is 9.59 Å². The summed E-state index contributed by atoms with van der Waals surface area (Å²) in [7, 11) is 0. The Labute approximate surface area is 183 Å². The number of benzene rings is 3. The first kappa shape index (κ1) is 20.8. The zero-order valence-electron chi connectivity index (χ0n) is 17.5. The van der Waals surface area contributed by atoms with E-state index in [1.165, 1.54) is 11.1 Å². The first-order chi connectivity index (χ1) is 15.2. The lowest BCUT2D eigenvalue weighted by atomic mass is 10.00.